The lowest BCUT2D eigenvalue weighted by Crippen LogP contribution is -2.41. The molecule has 0 aliphatic carbocycles. The van der Waals surface area contributed by atoms with E-state index in [2.05, 4.69) is 15.8 Å². The molecule has 1 aromatic carbocycles. The Bertz CT molecular complexity index is 796. The van der Waals surface area contributed by atoms with Crippen LogP contribution in [0.3, 0.4) is 0 Å². The second-order valence-electron chi connectivity index (χ2n) is 4.79. The van der Waals surface area contributed by atoms with Crippen LogP contribution in [0.15, 0.2) is 73.3 Å². The molecule has 6 heteroatoms. The lowest BCUT2D eigenvalue weighted by Gasteiger charge is -2.08. The smallest absolute Gasteiger partial charge is 0.271 e. The third-order valence-electron chi connectivity index (χ3n) is 3.25. The summed E-state index contributed by atoms with van der Waals surface area (Å²) < 4.78 is 1.94. The van der Waals surface area contributed by atoms with Crippen molar-refractivity contribution in [3.8, 4) is 5.69 Å². The first-order valence-electron chi connectivity index (χ1n) is 6.98. The highest BCUT2D eigenvalue weighted by Crippen LogP contribution is 2.09. The fourth-order valence-corrected chi connectivity index (χ4v) is 2.05. The number of pyridine rings is 1. The minimum absolute atomic E-state index is 0.371. The number of aromatic nitrogens is 2. The van der Waals surface area contributed by atoms with Gasteiger partial charge in [-0.15, -0.1) is 0 Å². The quantitative estimate of drug-likeness (QED) is 0.726. The Morgan fingerprint density at radius 2 is 1.48 bits per heavy atom. The van der Waals surface area contributed by atoms with Crippen LogP contribution >= 0.6 is 0 Å². The topological polar surface area (TPSA) is 76.0 Å². The first-order valence-corrected chi connectivity index (χ1v) is 6.98. The largest absolute Gasteiger partial charge is 0.324 e. The summed E-state index contributed by atoms with van der Waals surface area (Å²) >= 11 is 0. The SMILES string of the molecule is O=C(NNC(=O)c1cccnc1)c1ccc(-n2cccc2)cc1. The molecular formula is C17H14N4O2. The molecule has 2 N–H and O–H groups in total. The Labute approximate surface area is 132 Å². The summed E-state index contributed by atoms with van der Waals surface area (Å²) in [5.74, 6) is -0.809. The minimum atomic E-state index is -0.421. The van der Waals surface area contributed by atoms with Gasteiger partial charge in [-0.05, 0) is 48.5 Å². The molecule has 0 radical (unpaired) electrons. The van der Waals surface area contributed by atoms with Crippen molar-refractivity contribution in [3.05, 3.63) is 84.4 Å². The van der Waals surface area contributed by atoms with Gasteiger partial charge in [0.1, 0.15) is 0 Å². The van der Waals surface area contributed by atoms with E-state index in [0.29, 0.717) is 11.1 Å². The second-order valence-corrected chi connectivity index (χ2v) is 4.79. The van der Waals surface area contributed by atoms with E-state index in [4.69, 9.17) is 0 Å². The lowest BCUT2D eigenvalue weighted by molar-refractivity contribution is 0.0846. The predicted octanol–water partition coefficient (Wildman–Crippen LogP) is 1.95. The summed E-state index contributed by atoms with van der Waals surface area (Å²) in [5, 5.41) is 0. The monoisotopic (exact) mass is 306 g/mol. The maximum atomic E-state index is 12.0. The van der Waals surface area contributed by atoms with Crippen molar-refractivity contribution < 1.29 is 9.59 Å². The number of hydrogen-bond donors (Lipinski definition) is 2. The number of hydrazine groups is 1. The van der Waals surface area contributed by atoms with Gasteiger partial charge in [0.2, 0.25) is 0 Å². The molecule has 114 valence electrons. The molecule has 2 amide bonds. The molecule has 3 aromatic rings. The van der Waals surface area contributed by atoms with Crippen LogP contribution < -0.4 is 10.9 Å². The van der Waals surface area contributed by atoms with Gasteiger partial charge in [-0.1, -0.05) is 0 Å². The Kier molecular flexibility index (Phi) is 4.15. The van der Waals surface area contributed by atoms with E-state index >= 15 is 0 Å². The molecule has 0 aliphatic rings. The molecule has 2 heterocycles. The number of benzene rings is 1. The molecule has 0 unspecified atom stereocenters. The molecule has 6 nitrogen and oxygen atoms in total. The average Bonchev–Trinajstić information content (AvgIpc) is 3.15. The van der Waals surface area contributed by atoms with Gasteiger partial charge >= 0.3 is 0 Å². The van der Waals surface area contributed by atoms with Crippen LogP contribution in [0.2, 0.25) is 0 Å². The fourth-order valence-electron chi connectivity index (χ4n) is 2.05. The molecule has 0 atom stereocenters. The summed E-state index contributed by atoms with van der Waals surface area (Å²) in [5.41, 5.74) is 6.51. The van der Waals surface area contributed by atoms with Gasteiger partial charge in [-0.25, -0.2) is 0 Å². The zero-order valence-electron chi connectivity index (χ0n) is 12.1. The third-order valence-corrected chi connectivity index (χ3v) is 3.25. The van der Waals surface area contributed by atoms with Gasteiger partial charge in [0.25, 0.3) is 11.8 Å². The second kappa shape index (κ2) is 6.57. The number of amides is 2. The van der Waals surface area contributed by atoms with Gasteiger partial charge in [0.05, 0.1) is 5.56 Å². The first-order chi connectivity index (χ1) is 11.2. The van der Waals surface area contributed by atoms with Gasteiger partial charge in [0.15, 0.2) is 0 Å². The summed E-state index contributed by atoms with van der Waals surface area (Å²) in [6, 6.07) is 14.2. The molecule has 3 rings (SSSR count). The molecule has 0 spiro atoms. The van der Waals surface area contributed by atoms with E-state index in [0.717, 1.165) is 5.69 Å². The number of carbonyl (C=O) groups is 2. The number of rotatable bonds is 3. The van der Waals surface area contributed by atoms with Crippen LogP contribution in [-0.4, -0.2) is 21.4 Å². The standard InChI is InChI=1S/C17H14N4O2/c22-16(19-20-17(23)14-4-3-9-18-12-14)13-5-7-15(8-6-13)21-10-1-2-11-21/h1-12H,(H,19,22)(H,20,23). The maximum Gasteiger partial charge on any atom is 0.271 e. The zero-order chi connectivity index (χ0) is 16.1. The van der Waals surface area contributed by atoms with E-state index in [9.17, 15) is 9.59 Å². The molecule has 0 aliphatic heterocycles. The average molecular weight is 306 g/mol. The first kappa shape index (κ1) is 14.5. The van der Waals surface area contributed by atoms with Crippen LogP contribution in [-0.2, 0) is 0 Å². The highest BCUT2D eigenvalue weighted by atomic mass is 16.2. The van der Waals surface area contributed by atoms with E-state index in [-0.39, 0.29) is 5.91 Å². The van der Waals surface area contributed by atoms with E-state index in [1.165, 1.54) is 6.20 Å². The molecule has 2 aromatic heterocycles. The highest BCUT2D eigenvalue weighted by molar-refractivity contribution is 5.98. The van der Waals surface area contributed by atoms with Crippen molar-refractivity contribution in [2.75, 3.05) is 0 Å². The summed E-state index contributed by atoms with van der Waals surface area (Å²) in [6.07, 6.45) is 6.83. The van der Waals surface area contributed by atoms with Crippen molar-refractivity contribution in [1.82, 2.24) is 20.4 Å². The van der Waals surface area contributed by atoms with Crippen molar-refractivity contribution in [3.63, 3.8) is 0 Å². The Morgan fingerprint density at radius 1 is 0.826 bits per heavy atom. The van der Waals surface area contributed by atoms with Crippen LogP contribution in [0.5, 0.6) is 0 Å². The van der Waals surface area contributed by atoms with Crippen molar-refractivity contribution in [2.45, 2.75) is 0 Å². The summed E-state index contributed by atoms with van der Waals surface area (Å²) in [7, 11) is 0. The fraction of sp³-hybridized carbons (Fsp3) is 0. The molecule has 0 bridgehead atoms. The van der Waals surface area contributed by atoms with E-state index in [1.807, 2.05) is 41.2 Å². The predicted molar refractivity (Wildman–Crippen MR) is 84.9 cm³/mol. The van der Waals surface area contributed by atoms with Gasteiger partial charge in [0, 0.05) is 36.0 Å². The Balaban J connectivity index is 1.61. The van der Waals surface area contributed by atoms with Gasteiger partial charge < -0.3 is 4.57 Å². The summed E-state index contributed by atoms with van der Waals surface area (Å²) in [6.45, 7) is 0. The number of hydrogen-bond acceptors (Lipinski definition) is 3. The van der Waals surface area contributed by atoms with Crippen molar-refractivity contribution >= 4 is 11.8 Å². The number of carbonyl (C=O) groups excluding carboxylic acids is 2. The number of nitrogens with one attached hydrogen (secondary N) is 2. The maximum absolute atomic E-state index is 12.0. The molecule has 0 fully saturated rings. The zero-order valence-corrected chi connectivity index (χ0v) is 12.1. The van der Waals surface area contributed by atoms with Gasteiger partial charge in [-0.3, -0.25) is 25.4 Å². The van der Waals surface area contributed by atoms with Crippen molar-refractivity contribution in [1.29, 1.82) is 0 Å². The van der Waals surface area contributed by atoms with E-state index < -0.39 is 5.91 Å². The molecule has 0 saturated heterocycles. The van der Waals surface area contributed by atoms with Crippen LogP contribution in [0.1, 0.15) is 20.7 Å². The van der Waals surface area contributed by atoms with E-state index in [1.54, 1.807) is 30.5 Å². The third kappa shape index (κ3) is 3.44. The lowest BCUT2D eigenvalue weighted by atomic mass is 10.2. The Hall–Kier alpha value is -3.41. The molecular weight excluding hydrogens is 292 g/mol. The van der Waals surface area contributed by atoms with Crippen LogP contribution in [0, 0.1) is 0 Å². The van der Waals surface area contributed by atoms with Gasteiger partial charge in [-0.2, -0.15) is 0 Å². The Morgan fingerprint density at radius 3 is 2.09 bits per heavy atom. The molecule has 23 heavy (non-hydrogen) atoms. The number of nitrogens with zero attached hydrogens (tertiary/aromatic N) is 2. The normalized spacial score (nSPS) is 10.1. The van der Waals surface area contributed by atoms with Crippen LogP contribution in [0.25, 0.3) is 5.69 Å². The van der Waals surface area contributed by atoms with Crippen LogP contribution in [0.4, 0.5) is 0 Å². The summed E-state index contributed by atoms with van der Waals surface area (Å²) in [4.78, 5) is 27.7. The molecule has 0 saturated carbocycles. The minimum Gasteiger partial charge on any atom is -0.324 e. The highest BCUT2D eigenvalue weighted by Gasteiger charge is 2.09. The van der Waals surface area contributed by atoms with Crippen molar-refractivity contribution in [2.24, 2.45) is 0 Å².